The lowest BCUT2D eigenvalue weighted by Gasteiger charge is -2.26. The van der Waals surface area contributed by atoms with E-state index in [9.17, 15) is 23.1 Å². The number of fused-ring (bicyclic) bond motifs is 1. The second-order valence-corrected chi connectivity index (χ2v) is 9.29. The van der Waals surface area contributed by atoms with Crippen LogP contribution in [0.1, 0.15) is 25.7 Å². The summed E-state index contributed by atoms with van der Waals surface area (Å²) >= 11 is 1.17. The van der Waals surface area contributed by atoms with Crippen LogP contribution in [0.4, 0.5) is 5.13 Å². The number of carbonyl (C=O) groups excluding carboxylic acids is 1. The molecule has 0 unspecified atom stereocenters. The van der Waals surface area contributed by atoms with Crippen molar-refractivity contribution in [2.24, 2.45) is 11.8 Å². The first-order valence-electron chi connectivity index (χ1n) is 7.90. The summed E-state index contributed by atoms with van der Waals surface area (Å²) in [6.07, 6.45) is 3.83. The van der Waals surface area contributed by atoms with Crippen LogP contribution in [0.5, 0.6) is 0 Å². The number of benzene rings is 1. The Kier molecular flexibility index (Phi) is 4.79. The van der Waals surface area contributed by atoms with Crippen LogP contribution in [0.15, 0.2) is 23.1 Å². The predicted molar refractivity (Wildman–Crippen MR) is 94.4 cm³/mol. The maximum Gasteiger partial charge on any atom is 0.307 e. The minimum atomic E-state index is -3.32. The summed E-state index contributed by atoms with van der Waals surface area (Å²) in [5.41, 5.74) is 0.589. The molecule has 134 valence electrons. The van der Waals surface area contributed by atoms with Crippen LogP contribution in [0.3, 0.4) is 0 Å². The highest BCUT2D eigenvalue weighted by atomic mass is 32.2. The van der Waals surface area contributed by atoms with Crippen LogP contribution < -0.4 is 5.32 Å². The number of thiazole rings is 1. The van der Waals surface area contributed by atoms with Crippen molar-refractivity contribution in [3.05, 3.63) is 18.2 Å². The van der Waals surface area contributed by atoms with E-state index in [-0.39, 0.29) is 10.8 Å². The number of carbonyl (C=O) groups is 2. The zero-order chi connectivity index (χ0) is 18.2. The Balaban J connectivity index is 1.82. The molecule has 1 aliphatic rings. The molecular formula is C16H18N2O5S2. The summed E-state index contributed by atoms with van der Waals surface area (Å²) in [4.78, 5) is 28.3. The molecule has 1 heterocycles. The number of nitrogens with zero attached hydrogens (tertiary/aromatic N) is 1. The second kappa shape index (κ2) is 6.72. The number of carboxylic acids is 1. The third-order valence-electron chi connectivity index (χ3n) is 4.44. The molecule has 2 aromatic rings. The Morgan fingerprint density at radius 1 is 1.24 bits per heavy atom. The van der Waals surface area contributed by atoms with Crippen molar-refractivity contribution in [3.63, 3.8) is 0 Å². The maximum absolute atomic E-state index is 12.5. The summed E-state index contributed by atoms with van der Waals surface area (Å²) < 4.78 is 23.9. The van der Waals surface area contributed by atoms with Crippen LogP contribution >= 0.6 is 11.3 Å². The van der Waals surface area contributed by atoms with E-state index in [2.05, 4.69) is 10.3 Å². The number of aromatic nitrogens is 1. The molecule has 1 saturated carbocycles. The predicted octanol–water partition coefficient (Wildman–Crippen LogP) is 2.53. The molecule has 1 fully saturated rings. The van der Waals surface area contributed by atoms with E-state index in [1.807, 2.05) is 0 Å². The highest BCUT2D eigenvalue weighted by molar-refractivity contribution is 7.90. The zero-order valence-corrected chi connectivity index (χ0v) is 15.2. The van der Waals surface area contributed by atoms with Gasteiger partial charge in [-0.1, -0.05) is 24.2 Å². The molecule has 1 aromatic heterocycles. The zero-order valence-electron chi connectivity index (χ0n) is 13.6. The number of hydrogen-bond acceptors (Lipinski definition) is 6. The molecule has 2 N–H and O–H groups in total. The van der Waals surface area contributed by atoms with Gasteiger partial charge in [0.2, 0.25) is 5.91 Å². The lowest BCUT2D eigenvalue weighted by Crippen LogP contribution is -2.36. The molecule has 0 aliphatic heterocycles. The third kappa shape index (κ3) is 3.82. The molecule has 2 atom stereocenters. The molecule has 7 nitrogen and oxygen atoms in total. The minimum absolute atomic E-state index is 0.194. The normalized spacial score (nSPS) is 21.2. The van der Waals surface area contributed by atoms with Gasteiger partial charge in [0.1, 0.15) is 0 Å². The van der Waals surface area contributed by atoms with Gasteiger partial charge in [0, 0.05) is 6.26 Å². The Labute approximate surface area is 149 Å². The average molecular weight is 382 g/mol. The van der Waals surface area contributed by atoms with Crippen molar-refractivity contribution in [1.82, 2.24) is 4.98 Å². The van der Waals surface area contributed by atoms with Gasteiger partial charge < -0.3 is 10.4 Å². The van der Waals surface area contributed by atoms with E-state index >= 15 is 0 Å². The van der Waals surface area contributed by atoms with Crippen LogP contribution in [0.25, 0.3) is 10.2 Å². The van der Waals surface area contributed by atoms with Gasteiger partial charge in [-0.3, -0.25) is 9.59 Å². The molecule has 1 aromatic carbocycles. The fraction of sp³-hybridized carbons (Fsp3) is 0.438. The van der Waals surface area contributed by atoms with Gasteiger partial charge in [0.15, 0.2) is 15.0 Å². The van der Waals surface area contributed by atoms with E-state index in [0.29, 0.717) is 28.2 Å². The van der Waals surface area contributed by atoms with Crippen LogP contribution in [-0.2, 0) is 19.4 Å². The Morgan fingerprint density at radius 3 is 2.56 bits per heavy atom. The molecule has 0 radical (unpaired) electrons. The number of hydrogen-bond donors (Lipinski definition) is 2. The Bertz CT molecular complexity index is 935. The third-order valence-corrected chi connectivity index (χ3v) is 6.48. The number of aliphatic carboxylic acids is 1. The van der Waals surface area contributed by atoms with Gasteiger partial charge in [0.05, 0.1) is 26.9 Å². The standard InChI is InChI=1S/C16H18N2O5S2/c1-25(22,23)9-6-7-12-13(8-9)24-16(17-12)18-14(19)10-4-2-3-5-11(10)15(20)21/h6-8,10-11H,2-5H2,1H3,(H,20,21)(H,17,18,19)/t10-,11-/m0/s1. The Hall–Kier alpha value is -2.00. The van der Waals surface area contributed by atoms with Crippen molar-refractivity contribution in [2.75, 3.05) is 11.6 Å². The molecule has 0 spiro atoms. The number of anilines is 1. The summed E-state index contributed by atoms with van der Waals surface area (Å²) in [7, 11) is -3.32. The molecule has 3 rings (SSSR count). The topological polar surface area (TPSA) is 113 Å². The van der Waals surface area contributed by atoms with Crippen LogP contribution in [-0.4, -0.2) is 36.6 Å². The Morgan fingerprint density at radius 2 is 1.92 bits per heavy atom. The largest absolute Gasteiger partial charge is 0.481 e. The van der Waals surface area contributed by atoms with E-state index in [0.717, 1.165) is 19.1 Å². The average Bonchev–Trinajstić information content (AvgIpc) is 2.95. The van der Waals surface area contributed by atoms with Gasteiger partial charge >= 0.3 is 5.97 Å². The number of nitrogens with one attached hydrogen (secondary N) is 1. The van der Waals surface area contributed by atoms with Crippen molar-refractivity contribution < 1.29 is 23.1 Å². The number of sulfone groups is 1. The smallest absolute Gasteiger partial charge is 0.307 e. The number of amides is 1. The van der Waals surface area contributed by atoms with Gasteiger partial charge in [0.25, 0.3) is 0 Å². The van der Waals surface area contributed by atoms with Crippen LogP contribution in [0, 0.1) is 11.8 Å². The van der Waals surface area contributed by atoms with E-state index in [4.69, 9.17) is 0 Å². The summed E-state index contributed by atoms with van der Waals surface area (Å²) in [5.74, 6) is -2.51. The highest BCUT2D eigenvalue weighted by Crippen LogP contribution is 2.33. The molecule has 1 aliphatic carbocycles. The monoisotopic (exact) mass is 382 g/mol. The minimum Gasteiger partial charge on any atom is -0.481 e. The van der Waals surface area contributed by atoms with Gasteiger partial charge in [-0.05, 0) is 31.0 Å². The SMILES string of the molecule is CS(=O)(=O)c1ccc2nc(NC(=O)[C@H]3CCCC[C@@H]3C(=O)O)sc2c1. The van der Waals surface area contributed by atoms with E-state index in [1.54, 1.807) is 6.07 Å². The quantitative estimate of drug-likeness (QED) is 0.840. The lowest BCUT2D eigenvalue weighted by molar-refractivity contribution is -0.147. The fourth-order valence-corrected chi connectivity index (χ4v) is 4.76. The van der Waals surface area contributed by atoms with E-state index < -0.39 is 27.6 Å². The first-order chi connectivity index (χ1) is 11.8. The molecule has 9 heteroatoms. The van der Waals surface area contributed by atoms with Gasteiger partial charge in [-0.2, -0.15) is 0 Å². The van der Waals surface area contributed by atoms with Gasteiger partial charge in [-0.15, -0.1) is 0 Å². The van der Waals surface area contributed by atoms with E-state index in [1.165, 1.54) is 23.5 Å². The van der Waals surface area contributed by atoms with Crippen LogP contribution in [0.2, 0.25) is 0 Å². The molecule has 25 heavy (non-hydrogen) atoms. The summed E-state index contributed by atoms with van der Waals surface area (Å²) in [5, 5.41) is 12.3. The molecule has 0 bridgehead atoms. The molecule has 1 amide bonds. The lowest BCUT2D eigenvalue weighted by atomic mass is 9.79. The number of rotatable bonds is 4. The maximum atomic E-state index is 12.5. The fourth-order valence-electron chi connectivity index (χ4n) is 3.13. The first kappa shape index (κ1) is 17.8. The first-order valence-corrected chi connectivity index (χ1v) is 10.6. The molecular weight excluding hydrogens is 364 g/mol. The number of carboxylic acid groups (broad SMARTS) is 1. The van der Waals surface area contributed by atoms with Crippen molar-refractivity contribution in [1.29, 1.82) is 0 Å². The van der Waals surface area contributed by atoms with Crippen molar-refractivity contribution >= 4 is 48.4 Å². The second-order valence-electron chi connectivity index (χ2n) is 6.25. The molecule has 0 saturated heterocycles. The van der Waals surface area contributed by atoms with Gasteiger partial charge in [-0.25, -0.2) is 13.4 Å². The van der Waals surface area contributed by atoms with Crippen molar-refractivity contribution in [3.8, 4) is 0 Å². The summed E-state index contributed by atoms with van der Waals surface area (Å²) in [6.45, 7) is 0. The summed E-state index contributed by atoms with van der Waals surface area (Å²) in [6, 6.07) is 4.60. The highest BCUT2D eigenvalue weighted by Gasteiger charge is 2.36. The van der Waals surface area contributed by atoms with Crippen molar-refractivity contribution in [2.45, 2.75) is 30.6 Å².